The SMILES string of the molecule is C=CCOC1=CC=C(NOC(CC)c2ccc(F)cc2)CC1. The first-order valence-corrected chi connectivity index (χ1v) is 7.53. The molecule has 0 aromatic heterocycles. The topological polar surface area (TPSA) is 30.5 Å². The van der Waals surface area contributed by atoms with Crippen LogP contribution in [0.5, 0.6) is 0 Å². The van der Waals surface area contributed by atoms with Crippen molar-refractivity contribution in [1.82, 2.24) is 5.48 Å². The molecule has 0 amide bonds. The number of hydrogen-bond donors (Lipinski definition) is 1. The van der Waals surface area contributed by atoms with Crippen LogP contribution in [0.15, 0.2) is 60.5 Å². The van der Waals surface area contributed by atoms with Crippen LogP contribution in [0.25, 0.3) is 0 Å². The van der Waals surface area contributed by atoms with Gasteiger partial charge >= 0.3 is 0 Å². The van der Waals surface area contributed by atoms with Gasteiger partial charge in [0, 0.05) is 12.1 Å². The summed E-state index contributed by atoms with van der Waals surface area (Å²) in [5.74, 6) is 0.717. The number of nitrogens with one attached hydrogen (secondary N) is 1. The van der Waals surface area contributed by atoms with Gasteiger partial charge in [-0.25, -0.2) is 4.39 Å². The summed E-state index contributed by atoms with van der Waals surface area (Å²) in [4.78, 5) is 5.75. The monoisotopic (exact) mass is 303 g/mol. The van der Waals surface area contributed by atoms with E-state index in [4.69, 9.17) is 9.57 Å². The Morgan fingerprint density at radius 2 is 2.05 bits per heavy atom. The molecule has 22 heavy (non-hydrogen) atoms. The van der Waals surface area contributed by atoms with Crippen molar-refractivity contribution < 1.29 is 14.0 Å². The Bertz CT molecular complexity index is 549. The first-order chi connectivity index (χ1) is 10.7. The fourth-order valence-electron chi connectivity index (χ4n) is 2.20. The summed E-state index contributed by atoms with van der Waals surface area (Å²) in [6.07, 6.45) is 8.00. The zero-order valence-electron chi connectivity index (χ0n) is 12.8. The van der Waals surface area contributed by atoms with Crippen LogP contribution in [0.4, 0.5) is 4.39 Å². The number of hydroxylamine groups is 1. The Morgan fingerprint density at radius 3 is 2.64 bits per heavy atom. The standard InChI is InChI=1S/C18H22FNO2/c1-3-13-21-17-11-9-16(10-12-17)20-22-18(4-2)14-5-7-15(19)8-6-14/h3,5-9,11,18,20H,1,4,10,12-13H2,2H3. The van der Waals surface area contributed by atoms with Crippen molar-refractivity contribution in [1.29, 1.82) is 0 Å². The summed E-state index contributed by atoms with van der Waals surface area (Å²) in [6.45, 7) is 6.19. The van der Waals surface area contributed by atoms with E-state index in [1.54, 1.807) is 18.2 Å². The van der Waals surface area contributed by atoms with Crippen LogP contribution in [-0.2, 0) is 9.57 Å². The Balaban J connectivity index is 1.88. The molecule has 0 radical (unpaired) electrons. The van der Waals surface area contributed by atoms with E-state index in [1.807, 2.05) is 19.1 Å². The van der Waals surface area contributed by atoms with Gasteiger partial charge in [0.05, 0.1) is 5.76 Å². The van der Waals surface area contributed by atoms with Crippen LogP contribution < -0.4 is 5.48 Å². The predicted octanol–water partition coefficient (Wildman–Crippen LogP) is 4.56. The van der Waals surface area contributed by atoms with Crippen LogP contribution in [-0.4, -0.2) is 6.61 Å². The van der Waals surface area contributed by atoms with Crippen molar-refractivity contribution in [3.05, 3.63) is 71.9 Å². The Kier molecular flexibility index (Phi) is 6.22. The summed E-state index contributed by atoms with van der Waals surface area (Å²) in [5, 5.41) is 0. The van der Waals surface area contributed by atoms with Crippen molar-refractivity contribution in [3.63, 3.8) is 0 Å². The molecule has 0 saturated carbocycles. The van der Waals surface area contributed by atoms with Gasteiger partial charge in [-0.1, -0.05) is 31.7 Å². The second-order valence-corrected chi connectivity index (χ2v) is 5.09. The molecule has 1 N–H and O–H groups in total. The lowest BCUT2D eigenvalue weighted by Crippen LogP contribution is -2.19. The van der Waals surface area contributed by atoms with E-state index in [0.29, 0.717) is 6.61 Å². The number of allylic oxidation sites excluding steroid dienone is 4. The van der Waals surface area contributed by atoms with Crippen LogP contribution in [0.3, 0.4) is 0 Å². The predicted molar refractivity (Wildman–Crippen MR) is 85.2 cm³/mol. The molecule has 0 saturated heterocycles. The lowest BCUT2D eigenvalue weighted by Gasteiger charge is -2.21. The summed E-state index contributed by atoms with van der Waals surface area (Å²) in [6, 6.07) is 6.41. The summed E-state index contributed by atoms with van der Waals surface area (Å²) in [5.41, 5.74) is 4.97. The minimum atomic E-state index is -0.237. The summed E-state index contributed by atoms with van der Waals surface area (Å²) < 4.78 is 18.5. The van der Waals surface area contributed by atoms with Crippen LogP contribution in [0.1, 0.15) is 37.9 Å². The van der Waals surface area contributed by atoms with Crippen molar-refractivity contribution in [2.75, 3.05) is 6.61 Å². The number of ether oxygens (including phenoxy) is 1. The van der Waals surface area contributed by atoms with Gasteiger partial charge in [0.15, 0.2) is 0 Å². The average Bonchev–Trinajstić information content (AvgIpc) is 2.56. The van der Waals surface area contributed by atoms with Crippen LogP contribution >= 0.6 is 0 Å². The molecule has 1 aliphatic carbocycles. The highest BCUT2D eigenvalue weighted by Gasteiger charge is 2.12. The summed E-state index contributed by atoms with van der Waals surface area (Å²) >= 11 is 0. The van der Waals surface area contributed by atoms with Gasteiger partial charge in [-0.3, -0.25) is 10.3 Å². The maximum absolute atomic E-state index is 13.0. The molecule has 0 fully saturated rings. The molecule has 1 aliphatic rings. The van der Waals surface area contributed by atoms with Gasteiger partial charge in [-0.05, 0) is 42.7 Å². The van der Waals surface area contributed by atoms with E-state index < -0.39 is 0 Å². The molecule has 0 bridgehead atoms. The van der Waals surface area contributed by atoms with Crippen molar-refractivity contribution >= 4 is 0 Å². The number of benzene rings is 1. The molecular formula is C18H22FNO2. The molecule has 118 valence electrons. The van der Waals surface area contributed by atoms with Crippen LogP contribution in [0, 0.1) is 5.82 Å². The third kappa shape index (κ3) is 4.74. The molecular weight excluding hydrogens is 281 g/mol. The zero-order chi connectivity index (χ0) is 15.8. The molecule has 1 atom stereocenters. The molecule has 0 aliphatic heterocycles. The van der Waals surface area contributed by atoms with E-state index in [-0.39, 0.29) is 11.9 Å². The fourth-order valence-corrected chi connectivity index (χ4v) is 2.20. The highest BCUT2D eigenvalue weighted by molar-refractivity contribution is 5.20. The maximum Gasteiger partial charge on any atom is 0.123 e. The minimum Gasteiger partial charge on any atom is -0.494 e. The third-order valence-electron chi connectivity index (χ3n) is 3.44. The van der Waals surface area contributed by atoms with E-state index in [1.165, 1.54) is 12.1 Å². The lowest BCUT2D eigenvalue weighted by molar-refractivity contribution is -0.0134. The number of hydrogen-bond acceptors (Lipinski definition) is 3. The van der Waals surface area contributed by atoms with E-state index in [0.717, 1.165) is 36.3 Å². The smallest absolute Gasteiger partial charge is 0.123 e. The largest absolute Gasteiger partial charge is 0.494 e. The second kappa shape index (κ2) is 8.39. The molecule has 1 unspecified atom stereocenters. The third-order valence-corrected chi connectivity index (χ3v) is 3.44. The van der Waals surface area contributed by atoms with Gasteiger partial charge in [0.2, 0.25) is 0 Å². The Hall–Kier alpha value is -2.07. The van der Waals surface area contributed by atoms with Gasteiger partial charge < -0.3 is 4.74 Å². The zero-order valence-corrected chi connectivity index (χ0v) is 12.8. The highest BCUT2D eigenvalue weighted by Crippen LogP contribution is 2.22. The first-order valence-electron chi connectivity index (χ1n) is 7.53. The second-order valence-electron chi connectivity index (χ2n) is 5.09. The normalized spacial score (nSPS) is 15.5. The van der Waals surface area contributed by atoms with Crippen molar-refractivity contribution in [2.45, 2.75) is 32.3 Å². The minimum absolute atomic E-state index is 0.108. The van der Waals surface area contributed by atoms with Gasteiger partial charge in [0.25, 0.3) is 0 Å². The first kappa shape index (κ1) is 16.3. The van der Waals surface area contributed by atoms with Gasteiger partial charge in [-0.15, -0.1) is 0 Å². The van der Waals surface area contributed by atoms with Crippen molar-refractivity contribution in [2.24, 2.45) is 0 Å². The van der Waals surface area contributed by atoms with Gasteiger partial charge in [0.1, 0.15) is 18.5 Å². The fraction of sp³-hybridized carbons (Fsp3) is 0.333. The maximum atomic E-state index is 13.0. The van der Waals surface area contributed by atoms with Gasteiger partial charge in [-0.2, -0.15) is 0 Å². The molecule has 3 nitrogen and oxygen atoms in total. The average molecular weight is 303 g/mol. The molecule has 2 rings (SSSR count). The lowest BCUT2D eigenvalue weighted by atomic mass is 10.1. The van der Waals surface area contributed by atoms with Crippen LogP contribution in [0.2, 0.25) is 0 Å². The molecule has 1 aromatic carbocycles. The number of rotatable bonds is 8. The Morgan fingerprint density at radius 1 is 1.27 bits per heavy atom. The molecule has 0 spiro atoms. The van der Waals surface area contributed by atoms with Crippen molar-refractivity contribution in [3.8, 4) is 0 Å². The molecule has 1 aromatic rings. The molecule has 0 heterocycles. The Labute approximate surface area is 131 Å². The molecule has 4 heteroatoms. The van der Waals surface area contributed by atoms with E-state index in [2.05, 4.69) is 12.1 Å². The highest BCUT2D eigenvalue weighted by atomic mass is 19.1. The number of halogens is 1. The summed E-state index contributed by atoms with van der Waals surface area (Å²) in [7, 11) is 0. The quantitative estimate of drug-likeness (QED) is 0.564. The van der Waals surface area contributed by atoms with E-state index >= 15 is 0 Å². The van der Waals surface area contributed by atoms with E-state index in [9.17, 15) is 4.39 Å².